The predicted octanol–water partition coefficient (Wildman–Crippen LogP) is 15.2. The number of thiazole rings is 4. The van der Waals surface area contributed by atoms with Gasteiger partial charge in [-0.05, 0) is 88.4 Å². The summed E-state index contributed by atoms with van der Waals surface area (Å²) in [6.07, 6.45) is 9.88. The summed E-state index contributed by atoms with van der Waals surface area (Å²) in [6.45, 7) is 15.4. The summed E-state index contributed by atoms with van der Waals surface area (Å²) in [6, 6.07) is 30.2. The van der Waals surface area contributed by atoms with Crippen LogP contribution in [0.4, 0.5) is 0 Å². The lowest BCUT2D eigenvalue weighted by Crippen LogP contribution is -3.00. The molecule has 0 bridgehead atoms. The number of nitrogens with zero attached hydrogens (tertiary/aromatic N) is 6. The lowest BCUT2D eigenvalue weighted by molar-refractivity contribution is -0.896. The van der Waals surface area contributed by atoms with E-state index in [0.29, 0.717) is 65.6 Å². The number of likely N-dealkylation sites (tertiary alicyclic amines) is 2. The molecule has 8 aromatic heterocycles. The molecule has 0 unspecified atom stereocenters. The Bertz CT molecular complexity index is 4980. The van der Waals surface area contributed by atoms with Crippen LogP contribution in [0.2, 0.25) is 0 Å². The lowest BCUT2D eigenvalue weighted by atomic mass is 10.1. The van der Waals surface area contributed by atoms with Gasteiger partial charge in [0, 0.05) is 138 Å². The van der Waals surface area contributed by atoms with Gasteiger partial charge in [-0.3, -0.25) is 24.0 Å². The summed E-state index contributed by atoms with van der Waals surface area (Å²) in [5.41, 5.74) is 6.33. The first-order chi connectivity index (χ1) is 51.1. The van der Waals surface area contributed by atoms with E-state index in [1.807, 2.05) is 102 Å². The van der Waals surface area contributed by atoms with E-state index in [-0.39, 0.29) is 99.5 Å². The molecule has 5 N–H and O–H groups in total. The molecule has 0 saturated carbocycles. The molecule has 12 aromatic rings. The number of benzene rings is 4. The van der Waals surface area contributed by atoms with Crippen molar-refractivity contribution in [1.29, 1.82) is 0 Å². The number of para-hydroxylation sites is 4. The van der Waals surface area contributed by atoms with E-state index >= 15 is 0 Å². The second-order valence-corrected chi connectivity index (χ2v) is 31.3. The van der Waals surface area contributed by atoms with E-state index < -0.39 is 32.4 Å². The van der Waals surface area contributed by atoms with E-state index in [2.05, 4.69) is 110 Å². The van der Waals surface area contributed by atoms with Gasteiger partial charge in [-0.15, -0.1) is 45.3 Å². The first kappa shape index (κ1) is 87.0. The number of aryl methyl sites for hydroxylation is 4. The van der Waals surface area contributed by atoms with Crippen LogP contribution in [0.3, 0.4) is 0 Å². The molecule has 107 heavy (non-hydrogen) atoms. The quantitative estimate of drug-likeness (QED) is 0.0169. The van der Waals surface area contributed by atoms with Crippen LogP contribution in [0, 0.1) is 27.7 Å². The minimum Gasteiger partial charge on any atom is -1.00 e. The van der Waals surface area contributed by atoms with Gasteiger partial charge in [0.1, 0.15) is 17.9 Å². The third kappa shape index (κ3) is 23.4. The van der Waals surface area contributed by atoms with Crippen LogP contribution in [-0.2, 0) is 18.7 Å². The molecule has 0 amide bonds. The standard InChI is InChI=1S/C21H23N3O3S.C20H21N3O3S.C14H9ClN2O2S.C14H10N2O3S.2C2H6.CH3I.CH4.Cl2OS.HI/c1-13-18(21(26)27-14-8-10-24(2,3)11-9-14)23-20(28-13)19(25)16-12-22-17-7-5-4-6-15(16)17;1-12-17(20(25)26-13-7-9-23(2)10-8-13)22-19(27-12)18(24)15-11-21-16-6-4-3-5-14(15)16;1-7-11(13(15)19)17-14(20-7)12(18)9-6-16-10-5-3-2-4-8(9)10;1-7-11(14(18)19)16-13(20-7)12(17)9-6-15-10-5-3-2-4-8(9)10;3*1-2;;1-4(2)3;/h4-7,12,14H,8-11H2,1-3H3;3-6,11,13,21H,7-10H2,1-2H3;2-6,16H,1H3;2-6,15H,1H3,(H,18,19);2*1-2H3;1H3;1H4;;1H/i;;;;2*1D;;;;. The van der Waals surface area contributed by atoms with Crippen LogP contribution in [0.1, 0.15) is 186 Å². The highest BCUT2D eigenvalue weighted by molar-refractivity contribution is 14.1. The molecule has 2 aliphatic rings. The van der Waals surface area contributed by atoms with Crippen LogP contribution >= 0.6 is 101 Å². The number of piperidine rings is 2. The Balaban J connectivity index is 0.000000248. The summed E-state index contributed by atoms with van der Waals surface area (Å²) in [4.78, 5) is 134. The number of halogens is 5. The molecule has 570 valence electrons. The second-order valence-electron chi connectivity index (χ2n) is 23.7. The van der Waals surface area contributed by atoms with Crippen molar-refractivity contribution < 1.29 is 88.3 Å². The second kappa shape index (κ2) is 42.6. The molecule has 14 rings (SSSR count). The number of carbonyl (C=O) groups excluding carboxylic acids is 7. The molecule has 2 saturated heterocycles. The van der Waals surface area contributed by atoms with Crippen molar-refractivity contribution in [2.45, 2.75) is 101 Å². The van der Waals surface area contributed by atoms with Crippen molar-refractivity contribution in [2.75, 3.05) is 52.3 Å². The van der Waals surface area contributed by atoms with Gasteiger partial charge in [0.2, 0.25) is 32.4 Å². The number of ketones is 4. The first-order valence-corrected chi connectivity index (χ1v) is 41.1. The average Bonchev–Trinajstić information content (AvgIpc) is 1.67. The average molecular weight is 1840 g/mol. The molecule has 0 spiro atoms. The third-order valence-corrected chi connectivity index (χ3v) is 20.5. The number of hydrogen-bond donors (Lipinski definition) is 5. The fraction of sp³-hybridized carbons (Fsp3) is 0.307. The third-order valence-electron chi connectivity index (χ3n) is 16.4. The van der Waals surface area contributed by atoms with Crippen LogP contribution in [0.5, 0.6) is 0 Å². The number of rotatable bonds is 14. The van der Waals surface area contributed by atoms with Crippen molar-refractivity contribution in [3.05, 3.63) is 206 Å². The number of aromatic nitrogens is 8. The zero-order chi connectivity index (χ0) is 78.4. The first-order valence-electron chi connectivity index (χ1n) is 33.9. The maximum absolute atomic E-state index is 12.9. The highest BCUT2D eigenvalue weighted by Gasteiger charge is 2.32. The number of quaternary nitrogens is 1. The molecule has 32 heteroatoms. The fourth-order valence-corrected chi connectivity index (χ4v) is 14.8. The number of aromatic amines is 4. The van der Waals surface area contributed by atoms with E-state index in [9.17, 15) is 38.4 Å². The molecule has 2 fully saturated rings. The van der Waals surface area contributed by atoms with Gasteiger partial charge < -0.3 is 67.9 Å². The Kier molecular flexibility index (Phi) is 34.6. The van der Waals surface area contributed by atoms with E-state index in [1.54, 1.807) is 66.3 Å². The topological polar surface area (TPSA) is 310 Å². The van der Waals surface area contributed by atoms with Gasteiger partial charge in [0.15, 0.2) is 37.1 Å². The summed E-state index contributed by atoms with van der Waals surface area (Å²) in [5.74, 6) is -2.81. The Morgan fingerprint density at radius 3 is 1.05 bits per heavy atom. The van der Waals surface area contributed by atoms with Gasteiger partial charge in [-0.2, -0.15) is 0 Å². The van der Waals surface area contributed by atoms with Crippen molar-refractivity contribution >= 4 is 200 Å². The molecule has 10 heterocycles. The SMILES string of the molecule is C.CI.Cc1sc(C(=O)c2c[nH]c3ccccc23)nc1C(=O)Cl.Cc1sc(C(=O)c2c[nH]c3ccccc23)nc1C(=O)O.Cc1sc(C(=O)c2c[nH]c3ccccc23)nc1C(=O)OC1CCN(C)CC1.Cc1sc(C(=O)c2c[nH]c3ccccc23)nc1C(=O)OC1CC[N+](C)(C)CC1.O=S(Cl)Cl.[2H]CC.[2H]CC.[I-]. The van der Waals surface area contributed by atoms with Crippen LogP contribution in [0.15, 0.2) is 122 Å². The number of hydrogen-bond acceptors (Lipinski definition) is 20. The van der Waals surface area contributed by atoms with Crippen LogP contribution < -0.4 is 24.0 Å². The maximum atomic E-state index is 12.9. The molecule has 0 atom stereocenters. The number of ether oxygens (including phenoxy) is 2. The number of fused-ring (bicyclic) bond motifs is 4. The zero-order valence-corrected chi connectivity index (χ0v) is 70.0. The Hall–Kier alpha value is -7.28. The Morgan fingerprint density at radius 2 is 0.776 bits per heavy atom. The number of esters is 2. The fourth-order valence-electron chi connectivity index (χ4n) is 11.1. The summed E-state index contributed by atoms with van der Waals surface area (Å²) in [5, 5.41) is 12.8. The van der Waals surface area contributed by atoms with Gasteiger partial charge in [-0.1, -0.05) is 130 Å². The molecular formula is C75H83Cl3I2N10O12S5. The lowest BCUT2D eigenvalue weighted by Gasteiger charge is -2.36. The minimum atomic E-state index is -1.67. The number of nitrogens with one attached hydrogen (secondary N) is 4. The number of carbonyl (C=O) groups is 8. The number of aromatic carboxylic acids is 1. The Labute approximate surface area is 686 Å². The van der Waals surface area contributed by atoms with Crippen molar-refractivity contribution in [3.63, 3.8) is 0 Å². The van der Waals surface area contributed by atoms with Crippen molar-refractivity contribution in [3.8, 4) is 0 Å². The monoisotopic (exact) mass is 1840 g/mol. The van der Waals surface area contributed by atoms with Gasteiger partial charge in [-0.25, -0.2) is 38.5 Å². The summed E-state index contributed by atoms with van der Waals surface area (Å²) >= 11 is 12.3. The maximum Gasteiger partial charge on any atom is 0.358 e. The van der Waals surface area contributed by atoms with Gasteiger partial charge in [0.25, 0.3) is 5.24 Å². The van der Waals surface area contributed by atoms with Crippen LogP contribution in [-0.4, -0.2) is 169 Å². The molecular weight excluding hydrogens is 1750 g/mol. The number of H-pyrrole nitrogens is 4. The van der Waals surface area contributed by atoms with Gasteiger partial charge >= 0.3 is 17.9 Å². The molecule has 4 aromatic carbocycles. The highest BCUT2D eigenvalue weighted by Crippen LogP contribution is 2.31. The predicted molar refractivity (Wildman–Crippen MR) is 437 cm³/mol. The van der Waals surface area contributed by atoms with Crippen molar-refractivity contribution in [1.82, 2.24) is 44.8 Å². The Morgan fingerprint density at radius 1 is 0.523 bits per heavy atom. The van der Waals surface area contributed by atoms with Crippen LogP contribution in [0.25, 0.3) is 43.6 Å². The van der Waals surface area contributed by atoms with Gasteiger partial charge in [0.05, 0.1) is 49.4 Å². The molecule has 0 radical (unpaired) electrons. The van der Waals surface area contributed by atoms with E-state index in [1.165, 1.54) is 34.0 Å². The van der Waals surface area contributed by atoms with Crippen molar-refractivity contribution in [2.24, 2.45) is 0 Å². The van der Waals surface area contributed by atoms with E-state index in [0.717, 1.165) is 111 Å². The normalized spacial score (nSPS) is 13.3. The number of alkyl halides is 1. The zero-order valence-electron chi connectivity index (χ0n) is 61.3. The smallest absolute Gasteiger partial charge is 0.358 e. The largest absolute Gasteiger partial charge is 1.00 e. The number of carboxylic acids is 1. The minimum absolute atomic E-state index is 0. The summed E-state index contributed by atoms with van der Waals surface area (Å²) < 4.78 is 33.8. The van der Waals surface area contributed by atoms with E-state index in [4.69, 9.17) is 33.1 Å². The molecule has 2 aliphatic heterocycles. The summed E-state index contributed by atoms with van der Waals surface area (Å²) in [7, 11) is 13.8. The molecule has 22 nitrogen and oxygen atoms in total. The number of carboxylic acid groups (broad SMARTS) is 1. The molecule has 0 aliphatic carbocycles. The highest BCUT2D eigenvalue weighted by atomic mass is 127.